The molecule has 4 nitrogen and oxygen atoms in total. The van der Waals surface area contributed by atoms with Crippen LogP contribution < -0.4 is 0 Å². The molecule has 1 rings (SSSR count). The second-order valence-corrected chi connectivity index (χ2v) is 3.45. The molecule has 0 aliphatic heterocycles. The third-order valence-electron chi connectivity index (χ3n) is 2.27. The van der Waals surface area contributed by atoms with Crippen molar-refractivity contribution in [3.05, 3.63) is 0 Å². The minimum Gasteiger partial charge on any atom is -0.266 e. The van der Waals surface area contributed by atoms with Crippen molar-refractivity contribution in [2.75, 3.05) is 0 Å². The van der Waals surface area contributed by atoms with Crippen molar-refractivity contribution in [1.29, 1.82) is 0 Å². The van der Waals surface area contributed by atoms with Crippen molar-refractivity contribution in [2.45, 2.75) is 32.8 Å². The van der Waals surface area contributed by atoms with Gasteiger partial charge in [-0.05, 0) is 24.7 Å². The number of nitrogens with zero attached hydrogens (tertiary/aromatic N) is 1. The Hall–Kier alpha value is -0.160. The Morgan fingerprint density at radius 1 is 1.27 bits per heavy atom. The molecule has 1 fully saturated rings. The maximum atomic E-state index is 8.38. The molecule has 4 heteroatoms. The van der Waals surface area contributed by atoms with E-state index >= 15 is 0 Å². The highest BCUT2D eigenvalue weighted by atomic mass is 17.1. The van der Waals surface area contributed by atoms with Gasteiger partial charge in [-0.3, -0.25) is 10.4 Å². The summed E-state index contributed by atoms with van der Waals surface area (Å²) in [4.78, 5) is 4.74. The zero-order valence-corrected chi connectivity index (χ0v) is 6.90. The van der Waals surface area contributed by atoms with Gasteiger partial charge in [0.1, 0.15) is 0 Å². The van der Waals surface area contributed by atoms with E-state index in [-0.39, 0.29) is 11.5 Å². The lowest BCUT2D eigenvalue weighted by molar-refractivity contribution is -0.506. The second kappa shape index (κ2) is 3.49. The smallest absolute Gasteiger partial charge is 0.0872 e. The summed E-state index contributed by atoms with van der Waals surface area (Å²) in [6.45, 7) is 4.19. The first-order valence-corrected chi connectivity index (χ1v) is 3.94. The van der Waals surface area contributed by atoms with Crippen molar-refractivity contribution in [3.8, 4) is 0 Å². The molecule has 0 radical (unpaired) electrons. The molecule has 1 aliphatic carbocycles. The molecule has 0 bridgehead atoms. The van der Waals surface area contributed by atoms with E-state index in [9.17, 15) is 0 Å². The normalized spacial score (nSPS) is 38.5. The molecule has 66 valence electrons. The van der Waals surface area contributed by atoms with Crippen LogP contribution in [0.2, 0.25) is 0 Å². The van der Waals surface area contributed by atoms with Gasteiger partial charge in [-0.25, -0.2) is 4.84 Å². The highest BCUT2D eigenvalue weighted by molar-refractivity contribution is 4.78. The third-order valence-corrected chi connectivity index (χ3v) is 2.27. The van der Waals surface area contributed by atoms with Crippen molar-refractivity contribution < 1.29 is 15.3 Å². The molecule has 1 aliphatic rings. The summed E-state index contributed by atoms with van der Waals surface area (Å²) in [7, 11) is 0. The lowest BCUT2D eigenvalue weighted by atomic mass is 10.1. The predicted octanol–water partition coefficient (Wildman–Crippen LogP) is 1.43. The molecule has 0 spiro atoms. The molecule has 0 aromatic heterocycles. The molecule has 11 heavy (non-hydrogen) atoms. The maximum absolute atomic E-state index is 8.38. The van der Waals surface area contributed by atoms with Gasteiger partial charge in [-0.1, -0.05) is 13.8 Å². The fourth-order valence-corrected chi connectivity index (χ4v) is 1.78. The Kier molecular flexibility index (Phi) is 2.84. The van der Waals surface area contributed by atoms with Crippen LogP contribution in [0.1, 0.15) is 26.7 Å². The Morgan fingerprint density at radius 3 is 2.27 bits per heavy atom. The van der Waals surface area contributed by atoms with Crippen LogP contribution in [0.4, 0.5) is 0 Å². The van der Waals surface area contributed by atoms with Crippen LogP contribution in [0, 0.1) is 11.8 Å². The van der Waals surface area contributed by atoms with Crippen LogP contribution in [0.15, 0.2) is 0 Å². The molecule has 3 unspecified atom stereocenters. The fourth-order valence-electron chi connectivity index (χ4n) is 1.78. The maximum Gasteiger partial charge on any atom is 0.0872 e. The fraction of sp³-hybridized carbons (Fsp3) is 1.00. The lowest BCUT2D eigenvalue weighted by Crippen LogP contribution is -2.25. The molecular weight excluding hydrogens is 146 g/mol. The molecule has 0 aromatic rings. The summed E-state index contributed by atoms with van der Waals surface area (Å²) in [6, 6.07) is 0. The topological polar surface area (TPSA) is 52.9 Å². The van der Waals surface area contributed by atoms with Crippen LogP contribution in [0.25, 0.3) is 0 Å². The summed E-state index contributed by atoms with van der Waals surface area (Å²) in [5, 5.41) is 16.6. The highest BCUT2D eigenvalue weighted by Crippen LogP contribution is 2.32. The Balaban J connectivity index is 2.34. The summed E-state index contributed by atoms with van der Waals surface area (Å²) in [5.74, 6) is 1.03. The van der Waals surface area contributed by atoms with Crippen molar-refractivity contribution in [3.63, 3.8) is 0 Å². The van der Waals surface area contributed by atoms with Gasteiger partial charge in [0.2, 0.25) is 0 Å². The van der Waals surface area contributed by atoms with E-state index in [2.05, 4.69) is 13.8 Å². The lowest BCUT2D eigenvalue weighted by Gasteiger charge is -2.16. The van der Waals surface area contributed by atoms with Gasteiger partial charge in [0.05, 0.1) is 11.5 Å². The average molecular weight is 161 g/mol. The van der Waals surface area contributed by atoms with Crippen molar-refractivity contribution >= 4 is 0 Å². The first-order valence-electron chi connectivity index (χ1n) is 3.94. The zero-order valence-electron chi connectivity index (χ0n) is 6.90. The largest absolute Gasteiger partial charge is 0.266 e. The molecule has 0 amide bonds. The molecule has 0 aromatic carbocycles. The van der Waals surface area contributed by atoms with Crippen LogP contribution in [0.5, 0.6) is 0 Å². The quantitative estimate of drug-likeness (QED) is 0.601. The molecule has 1 saturated carbocycles. The third kappa shape index (κ3) is 2.41. The minimum atomic E-state index is -0.181. The summed E-state index contributed by atoms with van der Waals surface area (Å²) in [5.41, 5.74) is 0. The van der Waals surface area contributed by atoms with Gasteiger partial charge in [-0.2, -0.15) is 0 Å². The summed E-state index contributed by atoms with van der Waals surface area (Å²) in [6.07, 6.45) is 1.96. The van der Waals surface area contributed by atoms with Crippen LogP contribution >= 0.6 is 0 Å². The first kappa shape index (κ1) is 8.93. The van der Waals surface area contributed by atoms with Gasteiger partial charge in [0, 0.05) is 0 Å². The van der Waals surface area contributed by atoms with E-state index in [1.54, 1.807) is 0 Å². The average Bonchev–Trinajstić information content (AvgIpc) is 2.09. The van der Waals surface area contributed by atoms with Crippen LogP contribution in [-0.4, -0.2) is 21.9 Å². The van der Waals surface area contributed by atoms with Crippen molar-refractivity contribution in [1.82, 2.24) is 5.39 Å². The van der Waals surface area contributed by atoms with Crippen molar-refractivity contribution in [2.24, 2.45) is 11.8 Å². The number of hydrogen-bond acceptors (Lipinski definition) is 4. The van der Waals surface area contributed by atoms with E-state index < -0.39 is 0 Å². The Bertz CT molecular complexity index is 129. The van der Waals surface area contributed by atoms with E-state index in [1.165, 1.54) is 0 Å². The van der Waals surface area contributed by atoms with E-state index in [1.807, 2.05) is 0 Å². The van der Waals surface area contributed by atoms with Gasteiger partial charge in [0.25, 0.3) is 0 Å². The van der Waals surface area contributed by atoms with Crippen LogP contribution in [0.3, 0.4) is 0 Å². The summed E-state index contributed by atoms with van der Waals surface area (Å²) >= 11 is 0. The van der Waals surface area contributed by atoms with Gasteiger partial charge < -0.3 is 0 Å². The number of rotatable bonds is 2. The Labute approximate surface area is 66.2 Å². The van der Waals surface area contributed by atoms with Gasteiger partial charge >= 0.3 is 0 Å². The second-order valence-electron chi connectivity index (χ2n) is 3.45. The molecule has 0 saturated heterocycles. The van der Waals surface area contributed by atoms with Gasteiger partial charge in [0.15, 0.2) is 0 Å². The van der Waals surface area contributed by atoms with E-state index in [0.717, 1.165) is 12.8 Å². The molecular formula is C7H15NO3. The predicted molar refractivity (Wildman–Crippen MR) is 37.8 cm³/mol. The Morgan fingerprint density at radius 2 is 1.91 bits per heavy atom. The first-order chi connectivity index (χ1) is 5.09. The SMILES string of the molecule is CC1CC(C)C(ON(O)O)C1. The van der Waals surface area contributed by atoms with Gasteiger partial charge in [-0.15, -0.1) is 0 Å². The van der Waals surface area contributed by atoms with Crippen LogP contribution in [-0.2, 0) is 4.84 Å². The minimum absolute atomic E-state index is 0.0417. The molecule has 3 atom stereocenters. The zero-order chi connectivity index (χ0) is 8.43. The number of hydrogen-bond donors (Lipinski definition) is 2. The summed E-state index contributed by atoms with van der Waals surface area (Å²) < 4.78 is 0. The highest BCUT2D eigenvalue weighted by Gasteiger charge is 2.30. The van der Waals surface area contributed by atoms with E-state index in [4.69, 9.17) is 15.3 Å². The molecule has 2 N–H and O–H groups in total. The monoisotopic (exact) mass is 161 g/mol. The standard InChI is InChI=1S/C7H15NO3/c1-5-3-6(2)7(4-5)11-8(9)10/h5-7,9-10H,3-4H2,1-2H3. The van der Waals surface area contributed by atoms with E-state index in [0.29, 0.717) is 11.8 Å². The molecule has 0 heterocycles.